The van der Waals surface area contributed by atoms with Crippen LogP contribution < -0.4 is 5.32 Å². The predicted octanol–water partition coefficient (Wildman–Crippen LogP) is 1.72. The molecule has 2 heterocycles. The van der Waals surface area contributed by atoms with Crippen LogP contribution in [-0.4, -0.2) is 40.7 Å². The summed E-state index contributed by atoms with van der Waals surface area (Å²) in [5.41, 5.74) is 1.21. The summed E-state index contributed by atoms with van der Waals surface area (Å²) in [6.07, 6.45) is 2.81. The van der Waals surface area contributed by atoms with E-state index in [4.69, 9.17) is 0 Å². The second kappa shape index (κ2) is 6.16. The maximum absolute atomic E-state index is 9.87. The quantitative estimate of drug-likeness (QED) is 0.853. The highest BCUT2D eigenvalue weighted by molar-refractivity contribution is 5.35. The van der Waals surface area contributed by atoms with E-state index in [9.17, 15) is 5.11 Å². The first-order valence-electron chi connectivity index (χ1n) is 6.78. The lowest BCUT2D eigenvalue weighted by atomic mass is 9.96. The first-order valence-corrected chi connectivity index (χ1v) is 6.78. The van der Waals surface area contributed by atoms with Crippen LogP contribution in [-0.2, 0) is 6.54 Å². The molecule has 18 heavy (non-hydrogen) atoms. The molecule has 2 rings (SSSR count). The lowest BCUT2D eigenvalue weighted by Crippen LogP contribution is -2.42. The normalized spacial score (nSPS) is 25.1. The number of nitrogens with one attached hydrogen (secondary N) is 1. The van der Waals surface area contributed by atoms with Gasteiger partial charge in [0.25, 0.3) is 0 Å². The number of aliphatic hydroxyl groups is 1. The fourth-order valence-electron chi connectivity index (χ4n) is 2.32. The average molecular weight is 249 g/mol. The van der Waals surface area contributed by atoms with Crippen LogP contribution in [0.1, 0.15) is 25.8 Å². The summed E-state index contributed by atoms with van der Waals surface area (Å²) in [6, 6.07) is 4.12. The molecule has 4 nitrogen and oxygen atoms in total. The van der Waals surface area contributed by atoms with E-state index in [0.717, 1.165) is 38.4 Å². The molecular formula is C14H23N3O. The highest BCUT2D eigenvalue weighted by Gasteiger charge is 2.23. The Morgan fingerprint density at radius 3 is 2.94 bits per heavy atom. The topological polar surface area (TPSA) is 48.4 Å². The van der Waals surface area contributed by atoms with E-state index in [1.807, 2.05) is 12.3 Å². The molecule has 2 atom stereocenters. The van der Waals surface area contributed by atoms with Crippen LogP contribution in [0.4, 0.5) is 5.82 Å². The van der Waals surface area contributed by atoms with Gasteiger partial charge in [0.05, 0.1) is 6.10 Å². The molecule has 0 bridgehead atoms. The highest BCUT2D eigenvalue weighted by atomic mass is 16.3. The fourth-order valence-corrected chi connectivity index (χ4v) is 2.32. The van der Waals surface area contributed by atoms with E-state index < -0.39 is 0 Å². The maximum atomic E-state index is 9.87. The van der Waals surface area contributed by atoms with Gasteiger partial charge in [-0.05, 0) is 37.4 Å². The van der Waals surface area contributed by atoms with Crippen molar-refractivity contribution in [2.45, 2.75) is 32.9 Å². The molecule has 2 unspecified atom stereocenters. The summed E-state index contributed by atoms with van der Waals surface area (Å²) in [5.74, 6) is 1.35. The molecule has 1 fully saturated rings. The lowest BCUT2D eigenvalue weighted by Gasteiger charge is -2.34. The smallest absolute Gasteiger partial charge is 0.125 e. The predicted molar refractivity (Wildman–Crippen MR) is 73.5 cm³/mol. The second-order valence-electron chi connectivity index (χ2n) is 5.15. The molecule has 1 aromatic heterocycles. The molecular weight excluding hydrogens is 226 g/mol. The van der Waals surface area contributed by atoms with Crippen LogP contribution in [0.25, 0.3) is 0 Å². The van der Waals surface area contributed by atoms with Gasteiger partial charge in [0, 0.05) is 25.8 Å². The van der Waals surface area contributed by atoms with Crippen LogP contribution in [0.15, 0.2) is 18.3 Å². The molecule has 0 radical (unpaired) electrons. The van der Waals surface area contributed by atoms with E-state index in [-0.39, 0.29) is 6.10 Å². The zero-order chi connectivity index (χ0) is 13.0. The number of likely N-dealkylation sites (tertiary alicyclic amines) is 1. The van der Waals surface area contributed by atoms with Crippen molar-refractivity contribution in [3.8, 4) is 0 Å². The van der Waals surface area contributed by atoms with Crippen LogP contribution in [0.2, 0.25) is 0 Å². The van der Waals surface area contributed by atoms with Crippen LogP contribution in [0.3, 0.4) is 0 Å². The minimum atomic E-state index is -0.187. The summed E-state index contributed by atoms with van der Waals surface area (Å²) in [4.78, 5) is 6.67. The Kier molecular flexibility index (Phi) is 4.55. The van der Waals surface area contributed by atoms with Gasteiger partial charge in [-0.15, -0.1) is 0 Å². The van der Waals surface area contributed by atoms with E-state index >= 15 is 0 Å². The van der Waals surface area contributed by atoms with Gasteiger partial charge >= 0.3 is 0 Å². The number of nitrogens with zero attached hydrogens (tertiary/aromatic N) is 2. The Bertz CT molecular complexity index is 366. The maximum Gasteiger partial charge on any atom is 0.125 e. The summed E-state index contributed by atoms with van der Waals surface area (Å²) >= 11 is 0. The Morgan fingerprint density at radius 1 is 1.50 bits per heavy atom. The lowest BCUT2D eigenvalue weighted by molar-refractivity contribution is 0.0259. The third-order valence-corrected chi connectivity index (χ3v) is 3.59. The van der Waals surface area contributed by atoms with E-state index in [1.54, 1.807) is 0 Å². The molecule has 0 aliphatic carbocycles. The van der Waals surface area contributed by atoms with Gasteiger partial charge in [-0.25, -0.2) is 4.98 Å². The highest BCUT2D eigenvalue weighted by Crippen LogP contribution is 2.18. The van der Waals surface area contributed by atoms with Gasteiger partial charge in [-0.3, -0.25) is 4.90 Å². The second-order valence-corrected chi connectivity index (χ2v) is 5.15. The van der Waals surface area contributed by atoms with Gasteiger partial charge in [0.2, 0.25) is 0 Å². The van der Waals surface area contributed by atoms with Crippen LogP contribution >= 0.6 is 0 Å². The molecule has 1 aliphatic heterocycles. The van der Waals surface area contributed by atoms with Crippen molar-refractivity contribution in [3.63, 3.8) is 0 Å². The van der Waals surface area contributed by atoms with Crippen molar-refractivity contribution in [1.29, 1.82) is 0 Å². The average Bonchev–Trinajstić information content (AvgIpc) is 2.37. The minimum Gasteiger partial charge on any atom is -0.392 e. The minimum absolute atomic E-state index is 0.187. The number of aliphatic hydroxyl groups excluding tert-OH is 1. The zero-order valence-electron chi connectivity index (χ0n) is 11.3. The summed E-state index contributed by atoms with van der Waals surface area (Å²) in [7, 11) is 0. The molecule has 0 spiro atoms. The molecule has 1 saturated heterocycles. The van der Waals surface area contributed by atoms with Gasteiger partial charge in [0.1, 0.15) is 5.82 Å². The van der Waals surface area contributed by atoms with Gasteiger partial charge in [0.15, 0.2) is 0 Å². The zero-order valence-corrected chi connectivity index (χ0v) is 11.3. The van der Waals surface area contributed by atoms with E-state index in [2.05, 4.69) is 35.1 Å². The first kappa shape index (κ1) is 13.3. The fraction of sp³-hybridized carbons (Fsp3) is 0.643. The molecule has 2 N–H and O–H groups in total. The number of rotatable bonds is 4. The van der Waals surface area contributed by atoms with E-state index in [1.165, 1.54) is 5.56 Å². The van der Waals surface area contributed by atoms with Crippen molar-refractivity contribution in [3.05, 3.63) is 23.9 Å². The third-order valence-electron chi connectivity index (χ3n) is 3.59. The van der Waals surface area contributed by atoms with Crippen molar-refractivity contribution < 1.29 is 5.11 Å². The Labute approximate surface area is 109 Å². The van der Waals surface area contributed by atoms with Crippen molar-refractivity contribution >= 4 is 5.82 Å². The molecule has 100 valence electrons. The molecule has 1 aliphatic rings. The van der Waals surface area contributed by atoms with Gasteiger partial charge in [-0.1, -0.05) is 13.0 Å². The number of hydrogen-bond donors (Lipinski definition) is 2. The molecule has 0 saturated carbocycles. The number of hydrogen-bond acceptors (Lipinski definition) is 4. The Hall–Kier alpha value is -1.13. The van der Waals surface area contributed by atoms with Crippen molar-refractivity contribution in [1.82, 2.24) is 9.88 Å². The van der Waals surface area contributed by atoms with Crippen molar-refractivity contribution in [2.24, 2.45) is 5.92 Å². The van der Waals surface area contributed by atoms with Gasteiger partial charge < -0.3 is 10.4 Å². The summed E-state index contributed by atoms with van der Waals surface area (Å²) in [5, 5.41) is 13.1. The molecule has 4 heteroatoms. The summed E-state index contributed by atoms with van der Waals surface area (Å²) in [6.45, 7) is 7.79. The number of piperidine rings is 1. The Morgan fingerprint density at radius 2 is 2.33 bits per heavy atom. The molecule has 0 aromatic carbocycles. The number of anilines is 1. The van der Waals surface area contributed by atoms with Crippen LogP contribution in [0, 0.1) is 5.92 Å². The van der Waals surface area contributed by atoms with Crippen molar-refractivity contribution in [2.75, 3.05) is 25.0 Å². The SMILES string of the molecule is CCNc1ccc(CN2CCC(C)C(O)C2)cn1. The number of aromatic nitrogens is 1. The standard InChI is InChI=1S/C14H23N3O/c1-3-15-14-5-4-12(8-16-14)9-17-7-6-11(2)13(18)10-17/h4-5,8,11,13,18H,3,6-7,9-10H2,1-2H3,(H,15,16). The van der Waals surface area contributed by atoms with Crippen LogP contribution in [0.5, 0.6) is 0 Å². The molecule has 0 amide bonds. The van der Waals surface area contributed by atoms with Gasteiger partial charge in [-0.2, -0.15) is 0 Å². The first-order chi connectivity index (χ1) is 8.69. The Balaban J connectivity index is 1.89. The monoisotopic (exact) mass is 249 g/mol. The third kappa shape index (κ3) is 3.43. The van der Waals surface area contributed by atoms with E-state index in [0.29, 0.717) is 5.92 Å². The largest absolute Gasteiger partial charge is 0.392 e. The summed E-state index contributed by atoms with van der Waals surface area (Å²) < 4.78 is 0. The number of pyridine rings is 1. The molecule has 1 aromatic rings. The number of β-amino-alcohol motifs (C(OH)–C–C–N with tert-alkyl or cyclic N) is 1.